The summed E-state index contributed by atoms with van der Waals surface area (Å²) in [6, 6.07) is 8.98. The van der Waals surface area contributed by atoms with Crippen LogP contribution in [-0.2, 0) is 0 Å². The third kappa shape index (κ3) is 3.58. The first-order chi connectivity index (χ1) is 6.74. The fourth-order valence-electron chi connectivity index (χ4n) is 1.13. The second kappa shape index (κ2) is 5.91. The molecular weight excluding hydrogens is 247 g/mol. The van der Waals surface area contributed by atoms with E-state index in [2.05, 4.69) is 15.9 Å². The van der Waals surface area contributed by atoms with Crippen LogP contribution in [-0.4, -0.2) is 17.3 Å². The van der Waals surface area contributed by atoms with Gasteiger partial charge in [0.1, 0.15) is 6.17 Å². The van der Waals surface area contributed by atoms with E-state index in [9.17, 15) is 9.18 Å². The van der Waals surface area contributed by atoms with Crippen molar-refractivity contribution in [1.29, 1.82) is 0 Å². The zero-order valence-electron chi connectivity index (χ0n) is 7.75. The number of halogens is 2. The lowest BCUT2D eigenvalue weighted by Gasteiger charge is -2.03. The second-order valence-electron chi connectivity index (χ2n) is 3.08. The molecule has 1 aromatic rings. The average Bonchev–Trinajstić information content (AvgIpc) is 2.26. The van der Waals surface area contributed by atoms with Gasteiger partial charge in [-0.05, 0) is 6.42 Å². The molecule has 0 spiro atoms. The molecule has 0 N–H and O–H groups in total. The quantitative estimate of drug-likeness (QED) is 0.585. The first kappa shape index (κ1) is 11.4. The third-order valence-corrected chi connectivity index (χ3v) is 2.65. The van der Waals surface area contributed by atoms with E-state index in [0.29, 0.717) is 17.3 Å². The molecule has 0 saturated heterocycles. The van der Waals surface area contributed by atoms with E-state index in [1.165, 1.54) is 0 Å². The Morgan fingerprint density at radius 3 is 2.57 bits per heavy atom. The van der Waals surface area contributed by atoms with Crippen LogP contribution in [0.2, 0.25) is 0 Å². The van der Waals surface area contributed by atoms with Gasteiger partial charge in [-0.15, -0.1) is 0 Å². The minimum absolute atomic E-state index is 0.00852. The van der Waals surface area contributed by atoms with Crippen molar-refractivity contribution in [2.45, 2.75) is 19.0 Å². The molecule has 0 heterocycles. The predicted molar refractivity (Wildman–Crippen MR) is 58.7 cm³/mol. The van der Waals surface area contributed by atoms with Crippen LogP contribution in [0.1, 0.15) is 23.2 Å². The number of ketones is 1. The molecule has 1 rings (SSSR count). The van der Waals surface area contributed by atoms with Crippen LogP contribution in [0.15, 0.2) is 30.3 Å². The van der Waals surface area contributed by atoms with Crippen molar-refractivity contribution in [3.05, 3.63) is 35.9 Å². The summed E-state index contributed by atoms with van der Waals surface area (Å²) in [5, 5.41) is 0.301. The smallest absolute Gasteiger partial charge is 0.162 e. The fraction of sp³-hybridized carbons (Fsp3) is 0.364. The largest absolute Gasteiger partial charge is 0.294 e. The monoisotopic (exact) mass is 258 g/mol. The van der Waals surface area contributed by atoms with Crippen LogP contribution in [0, 0.1) is 0 Å². The van der Waals surface area contributed by atoms with Gasteiger partial charge >= 0.3 is 0 Å². The molecule has 1 unspecified atom stereocenters. The standard InChI is InChI=1S/C11H12BrFO/c12-8-10(13)6-7-11(14)9-4-2-1-3-5-9/h1-5,10H,6-8H2. The lowest BCUT2D eigenvalue weighted by Crippen LogP contribution is -2.06. The summed E-state index contributed by atoms with van der Waals surface area (Å²) < 4.78 is 12.8. The first-order valence-corrected chi connectivity index (χ1v) is 5.64. The van der Waals surface area contributed by atoms with E-state index >= 15 is 0 Å². The maximum Gasteiger partial charge on any atom is 0.162 e. The third-order valence-electron chi connectivity index (χ3n) is 1.95. The molecule has 0 aliphatic rings. The van der Waals surface area contributed by atoms with Crippen molar-refractivity contribution in [1.82, 2.24) is 0 Å². The molecule has 0 aromatic heterocycles. The van der Waals surface area contributed by atoms with Crippen molar-refractivity contribution >= 4 is 21.7 Å². The Labute approximate surface area is 91.5 Å². The Morgan fingerprint density at radius 2 is 2.00 bits per heavy atom. The molecule has 0 amide bonds. The van der Waals surface area contributed by atoms with Crippen LogP contribution in [0.3, 0.4) is 0 Å². The molecule has 1 nitrogen and oxygen atoms in total. The second-order valence-corrected chi connectivity index (χ2v) is 3.73. The van der Waals surface area contributed by atoms with Crippen LogP contribution in [0.5, 0.6) is 0 Å². The molecule has 14 heavy (non-hydrogen) atoms. The van der Waals surface area contributed by atoms with Crippen LogP contribution in [0.4, 0.5) is 4.39 Å². The zero-order chi connectivity index (χ0) is 10.4. The molecule has 76 valence electrons. The SMILES string of the molecule is O=C(CCC(F)CBr)c1ccccc1. The predicted octanol–water partition coefficient (Wildman–Crippen LogP) is 3.38. The Kier molecular flexibility index (Phi) is 4.80. The normalized spacial score (nSPS) is 12.4. The van der Waals surface area contributed by atoms with Gasteiger partial charge in [-0.1, -0.05) is 46.3 Å². The number of carbonyl (C=O) groups excluding carboxylic acids is 1. The number of hydrogen-bond donors (Lipinski definition) is 0. The molecule has 0 aliphatic heterocycles. The van der Waals surface area contributed by atoms with E-state index in [1.54, 1.807) is 12.1 Å². The zero-order valence-corrected chi connectivity index (χ0v) is 9.34. The number of carbonyl (C=O) groups is 1. The summed E-state index contributed by atoms with van der Waals surface area (Å²) in [5.74, 6) is 0.00852. The highest BCUT2D eigenvalue weighted by Gasteiger charge is 2.09. The van der Waals surface area contributed by atoms with Crippen LogP contribution >= 0.6 is 15.9 Å². The lowest BCUT2D eigenvalue weighted by atomic mass is 10.1. The minimum Gasteiger partial charge on any atom is -0.294 e. The van der Waals surface area contributed by atoms with Crippen molar-refractivity contribution in [3.63, 3.8) is 0 Å². The number of Topliss-reactive ketones (excluding diaryl/α,β-unsaturated/α-hetero) is 1. The van der Waals surface area contributed by atoms with Gasteiger partial charge in [-0.2, -0.15) is 0 Å². The maximum atomic E-state index is 12.8. The topological polar surface area (TPSA) is 17.1 Å². The summed E-state index contributed by atoms with van der Waals surface area (Å²) in [7, 11) is 0. The van der Waals surface area contributed by atoms with E-state index in [1.807, 2.05) is 18.2 Å². The van der Waals surface area contributed by atoms with Gasteiger partial charge in [0.25, 0.3) is 0 Å². The summed E-state index contributed by atoms with van der Waals surface area (Å²) in [6.07, 6.45) is -0.363. The first-order valence-electron chi connectivity index (χ1n) is 4.52. The van der Waals surface area contributed by atoms with Gasteiger partial charge in [0.15, 0.2) is 5.78 Å². The van der Waals surface area contributed by atoms with Gasteiger partial charge < -0.3 is 0 Å². The Hall–Kier alpha value is -0.700. The molecule has 0 bridgehead atoms. The average molecular weight is 259 g/mol. The number of benzene rings is 1. The van der Waals surface area contributed by atoms with Crippen molar-refractivity contribution in [2.75, 3.05) is 5.33 Å². The van der Waals surface area contributed by atoms with Crippen LogP contribution in [0.25, 0.3) is 0 Å². The molecule has 1 atom stereocenters. The van der Waals surface area contributed by atoms with Gasteiger partial charge in [0.05, 0.1) is 0 Å². The van der Waals surface area contributed by atoms with E-state index in [4.69, 9.17) is 0 Å². The number of rotatable bonds is 5. The van der Waals surface area contributed by atoms with Crippen LogP contribution < -0.4 is 0 Å². The Balaban J connectivity index is 2.44. The molecule has 0 fully saturated rings. The Bertz CT molecular complexity index is 287. The molecule has 0 aliphatic carbocycles. The molecule has 1 aromatic carbocycles. The summed E-state index contributed by atoms with van der Waals surface area (Å²) >= 11 is 3.03. The van der Waals surface area contributed by atoms with E-state index < -0.39 is 6.17 Å². The van der Waals surface area contributed by atoms with Gasteiger partial charge in [0, 0.05) is 17.3 Å². The maximum absolute atomic E-state index is 12.8. The number of alkyl halides is 2. The molecular formula is C11H12BrFO. The highest BCUT2D eigenvalue weighted by molar-refractivity contribution is 9.09. The molecule has 0 saturated carbocycles. The van der Waals surface area contributed by atoms with Gasteiger partial charge in [0.2, 0.25) is 0 Å². The van der Waals surface area contributed by atoms with Crippen molar-refractivity contribution in [2.24, 2.45) is 0 Å². The highest BCUT2D eigenvalue weighted by atomic mass is 79.9. The lowest BCUT2D eigenvalue weighted by molar-refractivity contribution is 0.0970. The van der Waals surface area contributed by atoms with Gasteiger partial charge in [-0.3, -0.25) is 4.79 Å². The van der Waals surface area contributed by atoms with E-state index in [0.717, 1.165) is 0 Å². The summed E-state index contributed by atoms with van der Waals surface area (Å²) in [5.41, 5.74) is 0.661. The van der Waals surface area contributed by atoms with Crippen molar-refractivity contribution < 1.29 is 9.18 Å². The highest BCUT2D eigenvalue weighted by Crippen LogP contribution is 2.10. The van der Waals surface area contributed by atoms with Gasteiger partial charge in [-0.25, -0.2) is 4.39 Å². The molecule has 3 heteroatoms. The summed E-state index contributed by atoms with van der Waals surface area (Å²) in [6.45, 7) is 0. The minimum atomic E-state index is -0.928. The molecule has 0 radical (unpaired) electrons. The Morgan fingerprint density at radius 1 is 1.36 bits per heavy atom. The number of hydrogen-bond acceptors (Lipinski definition) is 1. The summed E-state index contributed by atoms with van der Waals surface area (Å²) in [4.78, 5) is 11.5. The fourth-order valence-corrected chi connectivity index (χ4v) is 1.46. The van der Waals surface area contributed by atoms with E-state index in [-0.39, 0.29) is 12.2 Å². The van der Waals surface area contributed by atoms with Crippen molar-refractivity contribution in [3.8, 4) is 0 Å².